The van der Waals surface area contributed by atoms with Crippen LogP contribution in [-0.4, -0.2) is 30.0 Å². The van der Waals surface area contributed by atoms with Crippen LogP contribution in [0.15, 0.2) is 12.1 Å². The van der Waals surface area contributed by atoms with Crippen LogP contribution < -0.4 is 0 Å². The zero-order valence-electron chi connectivity index (χ0n) is 11.2. The molecule has 0 bridgehead atoms. The van der Waals surface area contributed by atoms with Crippen molar-refractivity contribution in [1.29, 1.82) is 0 Å². The predicted octanol–water partition coefficient (Wildman–Crippen LogP) is 1.95. The zero-order valence-corrected chi connectivity index (χ0v) is 12.0. The fourth-order valence-electron chi connectivity index (χ4n) is 1.85. The van der Waals surface area contributed by atoms with Crippen molar-refractivity contribution >= 4 is 9.84 Å². The number of hydrogen-bond donors (Lipinski definition) is 1. The lowest BCUT2D eigenvalue weighted by atomic mass is 10.0. The first kappa shape index (κ1) is 15.1. The van der Waals surface area contributed by atoms with Gasteiger partial charge in [0.05, 0.1) is 11.9 Å². The van der Waals surface area contributed by atoms with E-state index in [2.05, 4.69) is 4.98 Å². The summed E-state index contributed by atoms with van der Waals surface area (Å²) in [5.41, 5.74) is 2.51. The molecule has 1 atom stereocenters. The molecule has 0 radical (unpaired) electrons. The summed E-state index contributed by atoms with van der Waals surface area (Å²) in [6.45, 7) is 5.39. The molecule has 1 heterocycles. The number of aromatic nitrogens is 1. The second-order valence-corrected chi connectivity index (χ2v) is 6.99. The molecular weight excluding hydrogens is 250 g/mol. The summed E-state index contributed by atoms with van der Waals surface area (Å²) in [6, 6.07) is 3.71. The van der Waals surface area contributed by atoms with Gasteiger partial charge in [0.1, 0.15) is 9.84 Å². The van der Waals surface area contributed by atoms with Crippen molar-refractivity contribution in [1.82, 2.24) is 4.98 Å². The minimum Gasteiger partial charge on any atom is -0.388 e. The maximum absolute atomic E-state index is 11.3. The maximum Gasteiger partial charge on any atom is 0.150 e. The van der Waals surface area contributed by atoms with Gasteiger partial charge in [-0.05, 0) is 32.8 Å². The summed E-state index contributed by atoms with van der Waals surface area (Å²) in [7, 11) is -2.94. The molecule has 0 aliphatic carbocycles. The monoisotopic (exact) mass is 271 g/mol. The number of aliphatic hydroxyl groups excluding tert-OH is 1. The molecule has 18 heavy (non-hydrogen) atoms. The van der Waals surface area contributed by atoms with Crippen LogP contribution >= 0.6 is 0 Å². The molecule has 0 saturated heterocycles. The molecule has 102 valence electrons. The third-order valence-corrected chi connectivity index (χ3v) is 4.79. The van der Waals surface area contributed by atoms with Gasteiger partial charge in [0.15, 0.2) is 0 Å². The zero-order chi connectivity index (χ0) is 13.8. The third kappa shape index (κ3) is 4.38. The van der Waals surface area contributed by atoms with Crippen molar-refractivity contribution in [2.24, 2.45) is 0 Å². The van der Waals surface area contributed by atoms with Gasteiger partial charge in [-0.3, -0.25) is 4.98 Å². The van der Waals surface area contributed by atoms with E-state index in [9.17, 15) is 13.5 Å². The van der Waals surface area contributed by atoms with Crippen molar-refractivity contribution in [3.8, 4) is 0 Å². The Bertz CT molecular complexity index is 497. The van der Waals surface area contributed by atoms with Crippen molar-refractivity contribution in [3.05, 3.63) is 29.1 Å². The number of pyridine rings is 1. The first-order valence-corrected chi connectivity index (χ1v) is 8.00. The van der Waals surface area contributed by atoms with Crippen LogP contribution in [0.25, 0.3) is 0 Å². The van der Waals surface area contributed by atoms with Gasteiger partial charge in [-0.25, -0.2) is 8.42 Å². The third-order valence-electron chi connectivity index (χ3n) is 3.00. The van der Waals surface area contributed by atoms with E-state index in [-0.39, 0.29) is 11.5 Å². The van der Waals surface area contributed by atoms with Gasteiger partial charge in [0, 0.05) is 22.7 Å². The minimum absolute atomic E-state index is 0.138. The molecular formula is C13H21NO3S. The van der Waals surface area contributed by atoms with Crippen molar-refractivity contribution < 1.29 is 13.5 Å². The molecule has 1 rings (SSSR count). The Kier molecular flexibility index (Phi) is 5.28. The second-order valence-electron chi connectivity index (χ2n) is 4.52. The molecule has 0 spiro atoms. The summed E-state index contributed by atoms with van der Waals surface area (Å²) >= 11 is 0. The summed E-state index contributed by atoms with van der Waals surface area (Å²) in [6.07, 6.45) is 0.292. The SMILES string of the molecule is CCS(=O)(=O)CCCC(O)c1ccc(C)nc1C. The quantitative estimate of drug-likeness (QED) is 0.858. The highest BCUT2D eigenvalue weighted by molar-refractivity contribution is 7.91. The number of aryl methyl sites for hydroxylation is 2. The molecule has 1 aromatic heterocycles. The Balaban J connectivity index is 2.58. The van der Waals surface area contributed by atoms with Crippen LogP contribution in [0.4, 0.5) is 0 Å². The Morgan fingerprint density at radius 1 is 1.33 bits per heavy atom. The standard InChI is InChI=1S/C13H21NO3S/c1-4-18(16,17)9-5-6-13(15)12-8-7-10(2)14-11(12)3/h7-8,13,15H,4-6,9H2,1-3H3. The lowest BCUT2D eigenvalue weighted by Crippen LogP contribution is -2.10. The van der Waals surface area contributed by atoms with Gasteiger partial charge in [-0.2, -0.15) is 0 Å². The van der Waals surface area contributed by atoms with E-state index >= 15 is 0 Å². The van der Waals surface area contributed by atoms with Crippen LogP contribution in [0.5, 0.6) is 0 Å². The fraction of sp³-hybridized carbons (Fsp3) is 0.615. The smallest absolute Gasteiger partial charge is 0.150 e. The molecule has 5 heteroatoms. The topological polar surface area (TPSA) is 67.3 Å². The number of hydrogen-bond acceptors (Lipinski definition) is 4. The van der Waals surface area contributed by atoms with Gasteiger partial charge in [0.25, 0.3) is 0 Å². The van der Waals surface area contributed by atoms with Crippen molar-refractivity contribution in [3.63, 3.8) is 0 Å². The summed E-state index contributed by atoms with van der Waals surface area (Å²) in [5, 5.41) is 10.0. The molecule has 0 saturated carbocycles. The number of sulfone groups is 1. The van der Waals surface area contributed by atoms with Crippen LogP contribution in [-0.2, 0) is 9.84 Å². The molecule has 0 aliphatic rings. The lowest BCUT2D eigenvalue weighted by molar-refractivity contribution is 0.165. The first-order chi connectivity index (χ1) is 8.35. The molecule has 0 aromatic carbocycles. The normalized spacial score (nSPS) is 13.6. The average Bonchev–Trinajstić information content (AvgIpc) is 2.28. The van der Waals surface area contributed by atoms with Gasteiger partial charge in [-0.1, -0.05) is 13.0 Å². The van der Waals surface area contributed by atoms with Crippen LogP contribution in [0.3, 0.4) is 0 Å². The number of aliphatic hydroxyl groups is 1. The Labute approximate surface area is 109 Å². The van der Waals surface area contributed by atoms with E-state index in [4.69, 9.17) is 0 Å². The molecule has 0 amide bonds. The van der Waals surface area contributed by atoms with Crippen molar-refractivity contribution in [2.75, 3.05) is 11.5 Å². The van der Waals surface area contributed by atoms with Gasteiger partial charge in [0.2, 0.25) is 0 Å². The van der Waals surface area contributed by atoms with E-state index in [1.54, 1.807) is 6.92 Å². The molecule has 4 nitrogen and oxygen atoms in total. The van der Waals surface area contributed by atoms with E-state index in [1.807, 2.05) is 26.0 Å². The number of nitrogens with zero attached hydrogens (tertiary/aromatic N) is 1. The Hall–Kier alpha value is -0.940. The van der Waals surface area contributed by atoms with Crippen LogP contribution in [0.2, 0.25) is 0 Å². The van der Waals surface area contributed by atoms with Gasteiger partial charge >= 0.3 is 0 Å². The van der Waals surface area contributed by atoms with Crippen molar-refractivity contribution in [2.45, 2.75) is 39.7 Å². The summed E-state index contributed by atoms with van der Waals surface area (Å²) in [4.78, 5) is 4.29. The highest BCUT2D eigenvalue weighted by atomic mass is 32.2. The van der Waals surface area contributed by atoms with Gasteiger partial charge in [-0.15, -0.1) is 0 Å². The molecule has 0 fully saturated rings. The summed E-state index contributed by atoms with van der Waals surface area (Å²) in [5.74, 6) is 0.299. The second kappa shape index (κ2) is 6.29. The predicted molar refractivity (Wildman–Crippen MR) is 72.2 cm³/mol. The Morgan fingerprint density at radius 3 is 2.56 bits per heavy atom. The molecule has 1 unspecified atom stereocenters. The fourth-order valence-corrected chi connectivity index (χ4v) is 2.74. The molecule has 1 N–H and O–H groups in total. The Morgan fingerprint density at radius 2 is 2.00 bits per heavy atom. The molecule has 1 aromatic rings. The average molecular weight is 271 g/mol. The molecule has 0 aliphatic heterocycles. The lowest BCUT2D eigenvalue weighted by Gasteiger charge is -2.13. The van der Waals surface area contributed by atoms with E-state index in [0.717, 1.165) is 17.0 Å². The largest absolute Gasteiger partial charge is 0.388 e. The maximum atomic E-state index is 11.3. The highest BCUT2D eigenvalue weighted by Crippen LogP contribution is 2.21. The van der Waals surface area contributed by atoms with E-state index in [1.165, 1.54) is 0 Å². The summed E-state index contributed by atoms with van der Waals surface area (Å²) < 4.78 is 22.7. The van der Waals surface area contributed by atoms with Crippen LogP contribution in [0.1, 0.15) is 42.8 Å². The number of rotatable bonds is 6. The highest BCUT2D eigenvalue weighted by Gasteiger charge is 2.13. The first-order valence-electron chi connectivity index (χ1n) is 6.18. The van der Waals surface area contributed by atoms with Crippen LogP contribution in [0, 0.1) is 13.8 Å². The van der Waals surface area contributed by atoms with E-state index < -0.39 is 15.9 Å². The minimum atomic E-state index is -2.94. The van der Waals surface area contributed by atoms with E-state index in [0.29, 0.717) is 12.8 Å². The van der Waals surface area contributed by atoms with Gasteiger partial charge < -0.3 is 5.11 Å².